The smallest absolute Gasteiger partial charge is 0.271 e. The minimum atomic E-state index is -0.613. The highest BCUT2D eigenvalue weighted by molar-refractivity contribution is 8.00. The summed E-state index contributed by atoms with van der Waals surface area (Å²) in [7, 11) is 0. The summed E-state index contributed by atoms with van der Waals surface area (Å²) >= 11 is 1.17. The number of nitro benzene ring substituents is 1. The standard InChI is InChI=1S/C24H18N6O4S/c1-15(21(31)25-16-8-7-11-18(14-16)30(33)34)35-24-27-26-23-28(17-9-3-2-4-10-17)22(32)19-12-5-6-13-20(19)29(23)24/h2-15H,1H3,(H,25,31)/t15-/m0/s1. The maximum absolute atomic E-state index is 13.3. The number of carbonyl (C=O) groups excluding carboxylic acids is 1. The van der Waals surface area contributed by atoms with Crippen molar-refractivity contribution in [3.63, 3.8) is 0 Å². The summed E-state index contributed by atoms with van der Waals surface area (Å²) < 4.78 is 3.25. The second-order valence-electron chi connectivity index (χ2n) is 7.67. The van der Waals surface area contributed by atoms with Gasteiger partial charge in [-0.3, -0.25) is 24.1 Å². The summed E-state index contributed by atoms with van der Waals surface area (Å²) in [6.07, 6.45) is 0. The van der Waals surface area contributed by atoms with Crippen LogP contribution < -0.4 is 10.9 Å². The van der Waals surface area contributed by atoms with Crippen LogP contribution in [0.5, 0.6) is 0 Å². The molecule has 10 nitrogen and oxygen atoms in total. The highest BCUT2D eigenvalue weighted by Gasteiger charge is 2.22. The summed E-state index contributed by atoms with van der Waals surface area (Å²) in [5, 5.41) is 22.6. The van der Waals surface area contributed by atoms with Crippen molar-refractivity contribution >= 4 is 45.7 Å². The van der Waals surface area contributed by atoms with Gasteiger partial charge in [0.25, 0.3) is 11.2 Å². The first-order valence-electron chi connectivity index (χ1n) is 10.6. The molecule has 0 spiro atoms. The predicted molar refractivity (Wildman–Crippen MR) is 133 cm³/mol. The first kappa shape index (κ1) is 22.3. The lowest BCUT2D eigenvalue weighted by Crippen LogP contribution is -2.23. The lowest BCUT2D eigenvalue weighted by molar-refractivity contribution is -0.384. The van der Waals surface area contributed by atoms with E-state index in [1.165, 1.54) is 34.5 Å². The lowest BCUT2D eigenvalue weighted by atomic mass is 10.2. The number of aromatic nitrogens is 4. The molecule has 0 saturated heterocycles. The van der Waals surface area contributed by atoms with Crippen molar-refractivity contribution in [3.8, 4) is 5.69 Å². The fourth-order valence-corrected chi connectivity index (χ4v) is 4.57. The molecule has 3 aromatic carbocycles. The fourth-order valence-electron chi connectivity index (χ4n) is 3.72. The van der Waals surface area contributed by atoms with Crippen LogP contribution in [0.25, 0.3) is 22.4 Å². The Hall–Kier alpha value is -4.51. The molecule has 11 heteroatoms. The average Bonchev–Trinajstić information content (AvgIpc) is 3.28. The van der Waals surface area contributed by atoms with Gasteiger partial charge in [-0.2, -0.15) is 0 Å². The third kappa shape index (κ3) is 4.13. The maximum atomic E-state index is 13.3. The number of nitrogens with one attached hydrogen (secondary N) is 1. The zero-order chi connectivity index (χ0) is 24.5. The lowest BCUT2D eigenvalue weighted by Gasteiger charge is -2.13. The van der Waals surface area contributed by atoms with Crippen molar-refractivity contribution in [2.24, 2.45) is 0 Å². The highest BCUT2D eigenvalue weighted by atomic mass is 32.2. The number of thioether (sulfide) groups is 1. The van der Waals surface area contributed by atoms with Gasteiger partial charge in [0.15, 0.2) is 5.16 Å². The van der Waals surface area contributed by atoms with Crippen molar-refractivity contribution < 1.29 is 9.72 Å². The van der Waals surface area contributed by atoms with Crippen molar-refractivity contribution in [2.75, 3.05) is 5.32 Å². The molecular formula is C24H18N6O4S. The largest absolute Gasteiger partial charge is 0.325 e. The Balaban J connectivity index is 1.54. The molecule has 2 heterocycles. The molecule has 1 N–H and O–H groups in total. The van der Waals surface area contributed by atoms with E-state index in [0.717, 1.165) is 0 Å². The average molecular weight is 487 g/mol. The van der Waals surface area contributed by atoms with E-state index in [0.29, 0.717) is 33.2 Å². The number of benzene rings is 3. The van der Waals surface area contributed by atoms with E-state index in [1.807, 2.05) is 36.4 Å². The number of para-hydroxylation sites is 2. The van der Waals surface area contributed by atoms with E-state index in [1.54, 1.807) is 35.6 Å². The summed E-state index contributed by atoms with van der Waals surface area (Å²) in [6.45, 7) is 1.70. The van der Waals surface area contributed by atoms with Crippen molar-refractivity contribution in [2.45, 2.75) is 17.3 Å². The van der Waals surface area contributed by atoms with Crippen LogP contribution in [-0.2, 0) is 4.79 Å². The van der Waals surface area contributed by atoms with Gasteiger partial charge in [0.2, 0.25) is 11.7 Å². The van der Waals surface area contributed by atoms with Crippen molar-refractivity contribution in [1.29, 1.82) is 0 Å². The van der Waals surface area contributed by atoms with Gasteiger partial charge in [-0.1, -0.05) is 48.2 Å². The highest BCUT2D eigenvalue weighted by Crippen LogP contribution is 2.27. The van der Waals surface area contributed by atoms with Gasteiger partial charge in [0, 0.05) is 17.8 Å². The predicted octanol–water partition coefficient (Wildman–Crippen LogP) is 4.06. The van der Waals surface area contributed by atoms with E-state index >= 15 is 0 Å². The molecule has 0 unspecified atom stereocenters. The van der Waals surface area contributed by atoms with Gasteiger partial charge in [-0.15, -0.1) is 10.2 Å². The minimum absolute atomic E-state index is 0.114. The van der Waals surface area contributed by atoms with Crippen LogP contribution in [0.15, 0.2) is 88.8 Å². The van der Waals surface area contributed by atoms with E-state index in [-0.39, 0.29) is 17.2 Å². The quantitative estimate of drug-likeness (QED) is 0.218. The zero-order valence-corrected chi connectivity index (χ0v) is 19.2. The maximum Gasteiger partial charge on any atom is 0.271 e. The fraction of sp³-hybridized carbons (Fsp3) is 0.0833. The number of hydrogen-bond acceptors (Lipinski definition) is 7. The number of nitrogens with zero attached hydrogens (tertiary/aromatic N) is 5. The summed E-state index contributed by atoms with van der Waals surface area (Å²) in [4.78, 5) is 36.7. The molecular weight excluding hydrogens is 468 g/mol. The molecule has 5 aromatic rings. The topological polar surface area (TPSA) is 124 Å². The van der Waals surface area contributed by atoms with Crippen molar-refractivity contribution in [1.82, 2.24) is 19.2 Å². The second-order valence-corrected chi connectivity index (χ2v) is 8.98. The van der Waals surface area contributed by atoms with Crippen LogP contribution in [0.4, 0.5) is 11.4 Å². The van der Waals surface area contributed by atoms with E-state index in [2.05, 4.69) is 15.5 Å². The molecule has 0 aliphatic rings. The molecule has 174 valence electrons. The SMILES string of the molecule is C[C@H](Sc1nnc2n(-c3ccccc3)c(=O)c3ccccc3n12)C(=O)Nc1cccc([N+](=O)[O-])c1. The van der Waals surface area contributed by atoms with Crippen LogP contribution in [0.3, 0.4) is 0 Å². The number of rotatable bonds is 6. The number of non-ortho nitro benzene ring substituents is 1. The van der Waals surface area contributed by atoms with Gasteiger partial charge in [-0.25, -0.2) is 4.57 Å². The number of carbonyl (C=O) groups is 1. The Morgan fingerprint density at radius 3 is 2.54 bits per heavy atom. The van der Waals surface area contributed by atoms with Gasteiger partial charge < -0.3 is 5.32 Å². The van der Waals surface area contributed by atoms with Crippen molar-refractivity contribution in [3.05, 3.63) is 99.3 Å². The molecule has 2 aromatic heterocycles. The Morgan fingerprint density at radius 2 is 1.77 bits per heavy atom. The minimum Gasteiger partial charge on any atom is -0.325 e. The molecule has 0 aliphatic carbocycles. The van der Waals surface area contributed by atoms with Gasteiger partial charge in [0.05, 0.1) is 26.8 Å². The Labute approximate surface area is 202 Å². The Morgan fingerprint density at radius 1 is 1.03 bits per heavy atom. The molecule has 1 amide bonds. The summed E-state index contributed by atoms with van der Waals surface area (Å²) in [5.41, 5.74) is 1.26. The number of hydrogen-bond donors (Lipinski definition) is 1. The zero-order valence-electron chi connectivity index (χ0n) is 18.4. The molecule has 0 saturated carbocycles. The summed E-state index contributed by atoms with van der Waals surface area (Å²) in [5.74, 6) is -0.0263. The molecule has 0 fully saturated rings. The third-order valence-electron chi connectivity index (χ3n) is 5.39. The number of anilines is 1. The van der Waals surface area contributed by atoms with Gasteiger partial charge >= 0.3 is 0 Å². The molecule has 5 rings (SSSR count). The monoisotopic (exact) mass is 486 g/mol. The van der Waals surface area contributed by atoms with Gasteiger partial charge in [-0.05, 0) is 37.3 Å². The number of amides is 1. The van der Waals surface area contributed by atoms with Crippen LogP contribution in [0.2, 0.25) is 0 Å². The van der Waals surface area contributed by atoms with Crippen LogP contribution in [-0.4, -0.2) is 35.2 Å². The summed E-state index contributed by atoms with van der Waals surface area (Å²) in [6, 6.07) is 22.1. The normalized spacial score (nSPS) is 12.0. The molecule has 0 radical (unpaired) electrons. The number of nitro groups is 1. The van der Waals surface area contributed by atoms with E-state index < -0.39 is 10.2 Å². The first-order chi connectivity index (χ1) is 16.9. The Kier molecular flexibility index (Phi) is 5.75. The van der Waals surface area contributed by atoms with E-state index in [4.69, 9.17) is 0 Å². The second kappa shape index (κ2) is 9.03. The molecule has 1 atom stereocenters. The van der Waals surface area contributed by atoms with E-state index in [9.17, 15) is 19.7 Å². The molecule has 0 aliphatic heterocycles. The first-order valence-corrected chi connectivity index (χ1v) is 11.5. The number of fused-ring (bicyclic) bond motifs is 3. The molecule has 0 bridgehead atoms. The van der Waals surface area contributed by atoms with Crippen LogP contribution >= 0.6 is 11.8 Å². The Bertz CT molecular complexity index is 1650. The third-order valence-corrected chi connectivity index (χ3v) is 6.43. The van der Waals surface area contributed by atoms with Crippen LogP contribution in [0.1, 0.15) is 6.92 Å². The van der Waals surface area contributed by atoms with Gasteiger partial charge in [0.1, 0.15) is 0 Å². The van der Waals surface area contributed by atoms with Crippen LogP contribution in [0, 0.1) is 10.1 Å². The molecule has 35 heavy (non-hydrogen) atoms.